The van der Waals surface area contributed by atoms with Crippen molar-refractivity contribution < 1.29 is 9.59 Å². The Labute approximate surface area is 160 Å². The molecule has 7 heteroatoms. The van der Waals surface area contributed by atoms with Gasteiger partial charge in [0.2, 0.25) is 0 Å². The van der Waals surface area contributed by atoms with Crippen LogP contribution in [0.25, 0.3) is 6.08 Å². The van der Waals surface area contributed by atoms with Crippen molar-refractivity contribution in [3.63, 3.8) is 0 Å². The number of aryl methyl sites for hydroxylation is 1. The quantitative estimate of drug-likeness (QED) is 0.476. The van der Waals surface area contributed by atoms with Crippen LogP contribution in [-0.4, -0.2) is 16.9 Å². The lowest BCUT2D eigenvalue weighted by molar-refractivity contribution is -0.122. The molecule has 1 fully saturated rings. The van der Waals surface area contributed by atoms with Gasteiger partial charge in [-0.3, -0.25) is 19.8 Å². The Hall–Kier alpha value is -2.21. The largest absolute Gasteiger partial charge is 0.298 e. The molecule has 1 N–H and O–H groups in total. The summed E-state index contributed by atoms with van der Waals surface area (Å²) in [7, 11) is 0. The number of rotatable bonds is 2. The average molecular weight is 391 g/mol. The zero-order chi connectivity index (χ0) is 18.1. The Morgan fingerprint density at radius 1 is 1.04 bits per heavy atom. The zero-order valence-electron chi connectivity index (χ0n) is 13.0. The third kappa shape index (κ3) is 3.44. The van der Waals surface area contributed by atoms with Crippen molar-refractivity contribution in [2.75, 3.05) is 4.90 Å². The highest BCUT2D eigenvalue weighted by Crippen LogP contribution is 2.29. The van der Waals surface area contributed by atoms with Crippen LogP contribution >= 0.6 is 35.4 Å². The van der Waals surface area contributed by atoms with Crippen molar-refractivity contribution in [1.82, 2.24) is 5.32 Å². The predicted octanol–water partition coefficient (Wildman–Crippen LogP) is 4.13. The van der Waals surface area contributed by atoms with Crippen molar-refractivity contribution in [3.05, 3.63) is 69.2 Å². The van der Waals surface area contributed by atoms with Crippen molar-refractivity contribution in [2.24, 2.45) is 0 Å². The van der Waals surface area contributed by atoms with Crippen molar-refractivity contribution >= 4 is 64.1 Å². The van der Waals surface area contributed by atoms with Gasteiger partial charge in [0.15, 0.2) is 5.11 Å². The maximum atomic E-state index is 12.9. The molecule has 1 aliphatic rings. The molecule has 0 spiro atoms. The summed E-state index contributed by atoms with van der Waals surface area (Å²) >= 11 is 17.4. The molecule has 0 bridgehead atoms. The minimum absolute atomic E-state index is 0.0289. The van der Waals surface area contributed by atoms with Gasteiger partial charge in [0.1, 0.15) is 5.57 Å². The molecule has 0 atom stereocenters. The Morgan fingerprint density at radius 3 is 2.24 bits per heavy atom. The molecule has 4 nitrogen and oxygen atoms in total. The lowest BCUT2D eigenvalue weighted by Gasteiger charge is -2.29. The third-order valence-corrected chi connectivity index (χ3v) is 4.63. The Kier molecular flexibility index (Phi) is 4.90. The summed E-state index contributed by atoms with van der Waals surface area (Å²) in [6.45, 7) is 1.94. The highest BCUT2D eigenvalue weighted by atomic mass is 35.5. The first-order valence-electron chi connectivity index (χ1n) is 7.30. The first-order valence-corrected chi connectivity index (χ1v) is 8.47. The summed E-state index contributed by atoms with van der Waals surface area (Å²) in [5.74, 6) is -1.12. The summed E-state index contributed by atoms with van der Waals surface area (Å²) in [6.07, 6.45) is 1.38. The highest BCUT2D eigenvalue weighted by molar-refractivity contribution is 7.80. The number of benzene rings is 2. The monoisotopic (exact) mass is 390 g/mol. The van der Waals surface area contributed by atoms with E-state index in [9.17, 15) is 9.59 Å². The highest BCUT2D eigenvalue weighted by Gasteiger charge is 2.34. The molecule has 1 saturated heterocycles. The van der Waals surface area contributed by atoms with Crippen LogP contribution in [-0.2, 0) is 9.59 Å². The molecular weight excluding hydrogens is 379 g/mol. The molecule has 0 saturated carbocycles. The first-order chi connectivity index (χ1) is 11.9. The molecule has 25 heavy (non-hydrogen) atoms. The van der Waals surface area contributed by atoms with Gasteiger partial charge in [-0.2, -0.15) is 0 Å². The minimum Gasteiger partial charge on any atom is -0.298 e. The van der Waals surface area contributed by atoms with Gasteiger partial charge in [-0.15, -0.1) is 0 Å². The van der Waals surface area contributed by atoms with E-state index in [1.54, 1.807) is 30.3 Å². The number of hydrogen-bond acceptors (Lipinski definition) is 3. The summed E-state index contributed by atoms with van der Waals surface area (Å²) in [5, 5.41) is 3.24. The molecule has 0 unspecified atom stereocenters. The van der Waals surface area contributed by atoms with E-state index in [1.807, 2.05) is 19.1 Å². The first kappa shape index (κ1) is 17.6. The number of anilines is 1. The van der Waals surface area contributed by atoms with Gasteiger partial charge < -0.3 is 0 Å². The van der Waals surface area contributed by atoms with E-state index in [2.05, 4.69) is 5.32 Å². The molecule has 2 aromatic rings. The van der Waals surface area contributed by atoms with Crippen molar-refractivity contribution in [1.29, 1.82) is 0 Å². The van der Waals surface area contributed by atoms with Crippen LogP contribution < -0.4 is 10.2 Å². The van der Waals surface area contributed by atoms with Crippen LogP contribution in [0.5, 0.6) is 0 Å². The predicted molar refractivity (Wildman–Crippen MR) is 104 cm³/mol. The van der Waals surface area contributed by atoms with Gasteiger partial charge in [-0.25, -0.2) is 0 Å². The summed E-state index contributed by atoms with van der Waals surface area (Å²) in [5.41, 5.74) is 1.92. The molecule has 2 amide bonds. The summed E-state index contributed by atoms with van der Waals surface area (Å²) in [6, 6.07) is 12.2. The molecule has 1 heterocycles. The Morgan fingerprint density at radius 2 is 1.64 bits per heavy atom. The second-order valence-electron chi connectivity index (χ2n) is 5.43. The number of amides is 2. The average Bonchev–Trinajstić information content (AvgIpc) is 2.55. The Balaban J connectivity index is 2.07. The molecule has 0 radical (unpaired) electrons. The molecule has 126 valence electrons. The lowest BCUT2D eigenvalue weighted by Crippen LogP contribution is -2.54. The molecule has 3 rings (SSSR count). The molecular formula is C18H12Cl2N2O2S. The second kappa shape index (κ2) is 6.96. The summed E-state index contributed by atoms with van der Waals surface area (Å²) < 4.78 is 0. The number of nitrogens with zero attached hydrogens (tertiary/aromatic N) is 1. The van der Waals surface area contributed by atoms with E-state index < -0.39 is 11.8 Å². The van der Waals surface area contributed by atoms with E-state index in [1.165, 1.54) is 11.0 Å². The number of carbonyl (C=O) groups is 2. The van der Waals surface area contributed by atoms with Gasteiger partial charge in [-0.1, -0.05) is 47.0 Å². The Bertz CT molecular complexity index is 903. The standard InChI is InChI=1S/C18H12Cl2N2O2S/c1-10-5-7-11(8-6-10)22-17(24)13(16(23)21-18(22)25)9-12-14(19)3-2-4-15(12)20/h2-9H,1H3,(H,21,23,25)/b13-9-. The molecule has 1 aliphatic heterocycles. The van der Waals surface area contributed by atoms with Gasteiger partial charge in [0.05, 0.1) is 5.69 Å². The number of nitrogens with one attached hydrogen (secondary N) is 1. The lowest BCUT2D eigenvalue weighted by atomic mass is 10.1. The fraction of sp³-hybridized carbons (Fsp3) is 0.0556. The fourth-order valence-corrected chi connectivity index (χ4v) is 3.17. The van der Waals surface area contributed by atoms with Crippen LogP contribution in [0.1, 0.15) is 11.1 Å². The SMILES string of the molecule is Cc1ccc(N2C(=O)/C(=C\c3c(Cl)cccc3Cl)C(=O)NC2=S)cc1. The van der Waals surface area contributed by atoms with E-state index in [-0.39, 0.29) is 10.7 Å². The van der Waals surface area contributed by atoms with Gasteiger partial charge in [-0.05, 0) is 49.5 Å². The van der Waals surface area contributed by atoms with Crippen LogP contribution in [0.2, 0.25) is 10.0 Å². The maximum Gasteiger partial charge on any atom is 0.270 e. The molecule has 2 aromatic carbocycles. The normalized spacial score (nSPS) is 16.4. The van der Waals surface area contributed by atoms with E-state index in [0.717, 1.165) is 5.56 Å². The topological polar surface area (TPSA) is 49.4 Å². The van der Waals surface area contributed by atoms with Crippen LogP contribution in [0.3, 0.4) is 0 Å². The maximum absolute atomic E-state index is 12.9. The smallest absolute Gasteiger partial charge is 0.270 e. The number of carbonyl (C=O) groups excluding carboxylic acids is 2. The van der Waals surface area contributed by atoms with Gasteiger partial charge >= 0.3 is 0 Å². The minimum atomic E-state index is -0.589. The van der Waals surface area contributed by atoms with Gasteiger partial charge in [0.25, 0.3) is 11.8 Å². The van der Waals surface area contributed by atoms with E-state index in [4.69, 9.17) is 35.4 Å². The summed E-state index contributed by atoms with van der Waals surface area (Å²) in [4.78, 5) is 26.4. The number of hydrogen-bond donors (Lipinski definition) is 1. The number of halogens is 2. The third-order valence-electron chi connectivity index (χ3n) is 3.68. The van der Waals surface area contributed by atoms with Crippen LogP contribution in [0, 0.1) is 6.92 Å². The zero-order valence-corrected chi connectivity index (χ0v) is 15.4. The fourth-order valence-electron chi connectivity index (χ4n) is 2.38. The number of thiocarbonyl (C=S) groups is 1. The van der Waals surface area contributed by atoms with Crippen LogP contribution in [0.4, 0.5) is 5.69 Å². The molecule has 0 aromatic heterocycles. The van der Waals surface area contributed by atoms with E-state index >= 15 is 0 Å². The van der Waals surface area contributed by atoms with Crippen molar-refractivity contribution in [3.8, 4) is 0 Å². The van der Waals surface area contributed by atoms with Crippen molar-refractivity contribution in [2.45, 2.75) is 6.92 Å². The second-order valence-corrected chi connectivity index (χ2v) is 6.63. The van der Waals surface area contributed by atoms with E-state index in [0.29, 0.717) is 21.3 Å². The van der Waals surface area contributed by atoms with Gasteiger partial charge in [0, 0.05) is 15.6 Å². The van der Waals surface area contributed by atoms with Crippen LogP contribution in [0.15, 0.2) is 48.0 Å². The molecule has 0 aliphatic carbocycles.